The molecule has 116 valence electrons. The Kier molecular flexibility index (Phi) is 5.27. The number of aliphatic hydroxyl groups is 2. The molecule has 2 rings (SSSR count). The third-order valence-corrected chi connectivity index (χ3v) is 4.18. The molecule has 0 saturated carbocycles. The van der Waals surface area contributed by atoms with Gasteiger partial charge in [-0.2, -0.15) is 11.8 Å². The number of nitrogens with two attached hydrogens (primary N) is 1. The van der Waals surface area contributed by atoms with Crippen molar-refractivity contribution in [1.29, 1.82) is 0 Å². The number of hydrogen-bond donors (Lipinski definition) is 4. The Morgan fingerprint density at radius 3 is 2.90 bits per heavy atom. The van der Waals surface area contributed by atoms with Crippen LogP contribution in [-0.4, -0.2) is 63.5 Å². The third kappa shape index (κ3) is 3.39. The molecule has 0 saturated heterocycles. The van der Waals surface area contributed by atoms with Crippen molar-refractivity contribution in [1.82, 2.24) is 15.0 Å². The van der Waals surface area contributed by atoms with E-state index in [-0.39, 0.29) is 12.5 Å². The Morgan fingerprint density at radius 1 is 1.48 bits per heavy atom. The first kappa shape index (κ1) is 15.9. The molecule has 2 heterocycles. The van der Waals surface area contributed by atoms with Crippen molar-refractivity contribution in [3.63, 3.8) is 0 Å². The molecule has 0 radical (unpaired) electrons. The van der Waals surface area contributed by atoms with Crippen molar-refractivity contribution >= 4 is 34.3 Å². The van der Waals surface area contributed by atoms with E-state index in [0.29, 0.717) is 23.6 Å². The SMILES string of the molecule is CSCC(O)C(CO)CN(C)c1c[nH]c2c(N)ncnc12. The number of nitrogen functional groups attached to an aromatic ring is 1. The lowest BCUT2D eigenvalue weighted by Gasteiger charge is -2.27. The van der Waals surface area contributed by atoms with Crippen LogP contribution in [0.4, 0.5) is 11.5 Å². The fourth-order valence-electron chi connectivity index (χ4n) is 2.29. The normalized spacial score (nSPS) is 14.3. The van der Waals surface area contributed by atoms with Crippen molar-refractivity contribution in [3.8, 4) is 0 Å². The van der Waals surface area contributed by atoms with Gasteiger partial charge in [0.25, 0.3) is 0 Å². The summed E-state index contributed by atoms with van der Waals surface area (Å²) in [7, 11) is 1.90. The highest BCUT2D eigenvalue weighted by atomic mass is 32.2. The summed E-state index contributed by atoms with van der Waals surface area (Å²) >= 11 is 1.56. The summed E-state index contributed by atoms with van der Waals surface area (Å²) in [5.74, 6) is 0.787. The summed E-state index contributed by atoms with van der Waals surface area (Å²) in [6.45, 7) is 0.459. The van der Waals surface area contributed by atoms with E-state index in [2.05, 4.69) is 15.0 Å². The second-order valence-corrected chi connectivity index (χ2v) is 5.91. The molecule has 2 aromatic rings. The zero-order valence-electron chi connectivity index (χ0n) is 12.2. The summed E-state index contributed by atoms with van der Waals surface area (Å²) in [5.41, 5.74) is 8.11. The number of hydrogen-bond acceptors (Lipinski definition) is 7. The molecule has 2 aromatic heterocycles. The molecule has 8 heteroatoms. The van der Waals surface area contributed by atoms with Crippen LogP contribution < -0.4 is 10.6 Å². The molecule has 0 aliphatic rings. The first-order valence-corrected chi connectivity index (χ1v) is 8.04. The van der Waals surface area contributed by atoms with E-state index in [1.54, 1.807) is 11.8 Å². The number of thioether (sulfide) groups is 1. The summed E-state index contributed by atoms with van der Waals surface area (Å²) in [6.07, 6.45) is 4.62. The Labute approximate surface area is 127 Å². The van der Waals surface area contributed by atoms with E-state index in [9.17, 15) is 10.2 Å². The topological polar surface area (TPSA) is 111 Å². The van der Waals surface area contributed by atoms with Crippen LogP contribution in [0, 0.1) is 5.92 Å². The summed E-state index contributed by atoms with van der Waals surface area (Å²) < 4.78 is 0. The van der Waals surface area contributed by atoms with Crippen LogP contribution in [0.3, 0.4) is 0 Å². The zero-order chi connectivity index (χ0) is 15.4. The highest BCUT2D eigenvalue weighted by Gasteiger charge is 2.21. The first-order valence-electron chi connectivity index (χ1n) is 6.65. The van der Waals surface area contributed by atoms with Gasteiger partial charge in [-0.05, 0) is 6.26 Å². The van der Waals surface area contributed by atoms with Crippen LogP contribution in [0.15, 0.2) is 12.5 Å². The molecule has 5 N–H and O–H groups in total. The minimum absolute atomic E-state index is 0.0639. The van der Waals surface area contributed by atoms with Crippen LogP contribution in [-0.2, 0) is 0 Å². The van der Waals surface area contributed by atoms with Gasteiger partial charge >= 0.3 is 0 Å². The number of fused-ring (bicyclic) bond motifs is 1. The number of rotatable bonds is 7. The molecular weight excluding hydrogens is 290 g/mol. The smallest absolute Gasteiger partial charge is 0.151 e. The number of nitrogens with zero attached hydrogens (tertiary/aromatic N) is 3. The van der Waals surface area contributed by atoms with Gasteiger partial charge in [0.1, 0.15) is 17.4 Å². The lowest BCUT2D eigenvalue weighted by atomic mass is 10.0. The minimum Gasteiger partial charge on any atom is -0.396 e. The van der Waals surface area contributed by atoms with E-state index < -0.39 is 6.10 Å². The first-order chi connectivity index (χ1) is 10.1. The Bertz CT molecular complexity index is 591. The number of H-pyrrole nitrogens is 1. The number of aromatic amines is 1. The van der Waals surface area contributed by atoms with Crippen LogP contribution in [0.2, 0.25) is 0 Å². The van der Waals surface area contributed by atoms with E-state index in [1.165, 1.54) is 6.33 Å². The second kappa shape index (κ2) is 6.97. The van der Waals surface area contributed by atoms with Crippen molar-refractivity contribution < 1.29 is 10.2 Å². The van der Waals surface area contributed by atoms with Crippen molar-refractivity contribution in [3.05, 3.63) is 12.5 Å². The predicted octanol–water partition coefficient (Wildman–Crippen LogP) is 0.309. The number of aliphatic hydroxyl groups excluding tert-OH is 2. The monoisotopic (exact) mass is 311 g/mol. The van der Waals surface area contributed by atoms with Gasteiger partial charge < -0.3 is 25.8 Å². The lowest BCUT2D eigenvalue weighted by molar-refractivity contribution is 0.0883. The Hall–Kier alpha value is -1.51. The largest absolute Gasteiger partial charge is 0.396 e. The Morgan fingerprint density at radius 2 is 2.24 bits per heavy atom. The zero-order valence-corrected chi connectivity index (χ0v) is 13.0. The van der Waals surface area contributed by atoms with Crippen molar-refractivity contribution in [2.24, 2.45) is 5.92 Å². The molecule has 0 aliphatic carbocycles. The van der Waals surface area contributed by atoms with Crippen molar-refractivity contribution in [2.75, 3.05) is 42.8 Å². The molecule has 21 heavy (non-hydrogen) atoms. The Balaban J connectivity index is 2.18. The number of aromatic nitrogens is 3. The maximum absolute atomic E-state index is 10.1. The molecule has 0 spiro atoms. The van der Waals surface area contributed by atoms with Crippen molar-refractivity contribution in [2.45, 2.75) is 6.10 Å². The van der Waals surface area contributed by atoms with Crippen LogP contribution in [0.25, 0.3) is 11.0 Å². The van der Waals surface area contributed by atoms with Crippen LogP contribution in [0.5, 0.6) is 0 Å². The quantitative estimate of drug-likeness (QED) is 0.582. The van der Waals surface area contributed by atoms with Crippen LogP contribution in [0.1, 0.15) is 0 Å². The van der Waals surface area contributed by atoms with Gasteiger partial charge in [0.2, 0.25) is 0 Å². The molecule has 0 aliphatic heterocycles. The molecule has 7 nitrogen and oxygen atoms in total. The highest BCUT2D eigenvalue weighted by Crippen LogP contribution is 2.27. The van der Waals surface area contributed by atoms with Crippen LogP contribution >= 0.6 is 11.8 Å². The van der Waals surface area contributed by atoms with Gasteiger partial charge in [-0.25, -0.2) is 9.97 Å². The average molecular weight is 311 g/mol. The van der Waals surface area contributed by atoms with E-state index in [1.807, 2.05) is 24.4 Å². The third-order valence-electron chi connectivity index (χ3n) is 3.51. The van der Waals surface area contributed by atoms with Gasteiger partial charge in [0.05, 0.1) is 18.4 Å². The van der Waals surface area contributed by atoms with Gasteiger partial charge in [-0.1, -0.05) is 0 Å². The van der Waals surface area contributed by atoms with Gasteiger partial charge in [-0.15, -0.1) is 0 Å². The fraction of sp³-hybridized carbons (Fsp3) is 0.538. The molecule has 0 amide bonds. The van der Waals surface area contributed by atoms with E-state index in [0.717, 1.165) is 11.2 Å². The summed E-state index contributed by atoms with van der Waals surface area (Å²) in [4.78, 5) is 13.2. The number of nitrogens with one attached hydrogen (secondary N) is 1. The molecule has 0 bridgehead atoms. The van der Waals surface area contributed by atoms with Gasteiger partial charge in [-0.3, -0.25) is 0 Å². The summed E-state index contributed by atoms with van der Waals surface area (Å²) in [5, 5.41) is 19.5. The molecule has 2 atom stereocenters. The second-order valence-electron chi connectivity index (χ2n) is 5.00. The molecular formula is C13H21N5O2S. The van der Waals surface area contributed by atoms with Gasteiger partial charge in [0, 0.05) is 31.5 Å². The standard InChI is InChI=1S/C13H21N5O2S/c1-18(4-8(5-19)10(20)6-21-2)9-3-15-12-11(9)16-7-17-13(12)14/h3,7-8,10,15,19-20H,4-6H2,1-2H3,(H2,14,16,17). The average Bonchev–Trinajstić information content (AvgIpc) is 2.90. The van der Waals surface area contributed by atoms with Gasteiger partial charge in [0.15, 0.2) is 5.82 Å². The fourth-order valence-corrected chi connectivity index (χ4v) is 2.91. The van der Waals surface area contributed by atoms with E-state index in [4.69, 9.17) is 5.73 Å². The lowest BCUT2D eigenvalue weighted by Crippen LogP contribution is -2.36. The molecule has 2 unspecified atom stereocenters. The van der Waals surface area contributed by atoms with E-state index >= 15 is 0 Å². The maximum atomic E-state index is 10.1. The summed E-state index contributed by atoms with van der Waals surface area (Å²) in [6, 6.07) is 0. The number of anilines is 2. The minimum atomic E-state index is -0.544. The highest BCUT2D eigenvalue weighted by molar-refractivity contribution is 7.98. The molecule has 0 aromatic carbocycles. The molecule has 0 fully saturated rings. The maximum Gasteiger partial charge on any atom is 0.151 e. The predicted molar refractivity (Wildman–Crippen MR) is 86.5 cm³/mol.